The van der Waals surface area contributed by atoms with Gasteiger partial charge in [0.15, 0.2) is 0 Å². The fourth-order valence-electron chi connectivity index (χ4n) is 2.46. The Morgan fingerprint density at radius 3 is 2.67 bits per heavy atom. The summed E-state index contributed by atoms with van der Waals surface area (Å²) in [5, 5.41) is 2.97. The van der Waals surface area contributed by atoms with Gasteiger partial charge in [0.25, 0.3) is 0 Å². The highest BCUT2D eigenvalue weighted by molar-refractivity contribution is 5.76. The Bertz CT molecular complexity index is 433. The normalized spacial score (nSPS) is 12.4. The minimum absolute atomic E-state index is 0.0724. The standard InChI is InChI=1S/C17H28N2O2/c1-13(2)7-16(10-18)9-17(20)19-11-14-5-4-6-15(8-14)12-21-3/h4-6,8,13,16H,7,9-12,18H2,1-3H3,(H,19,20). The third-order valence-corrected chi connectivity index (χ3v) is 3.40. The van der Waals surface area contributed by atoms with Gasteiger partial charge in [-0.05, 0) is 35.9 Å². The predicted molar refractivity (Wildman–Crippen MR) is 85.6 cm³/mol. The summed E-state index contributed by atoms with van der Waals surface area (Å²) in [6, 6.07) is 8.06. The fourth-order valence-corrected chi connectivity index (χ4v) is 2.46. The number of nitrogens with two attached hydrogens (primary N) is 1. The molecular weight excluding hydrogens is 264 g/mol. The van der Waals surface area contributed by atoms with Crippen molar-refractivity contribution in [2.75, 3.05) is 13.7 Å². The van der Waals surface area contributed by atoms with Gasteiger partial charge in [0.1, 0.15) is 0 Å². The molecule has 0 saturated heterocycles. The Hall–Kier alpha value is -1.39. The zero-order valence-corrected chi connectivity index (χ0v) is 13.4. The van der Waals surface area contributed by atoms with Crippen molar-refractivity contribution in [1.29, 1.82) is 0 Å². The zero-order chi connectivity index (χ0) is 15.7. The van der Waals surface area contributed by atoms with Crippen LogP contribution in [0.5, 0.6) is 0 Å². The molecule has 0 aromatic heterocycles. The van der Waals surface area contributed by atoms with Crippen molar-refractivity contribution < 1.29 is 9.53 Å². The number of methoxy groups -OCH3 is 1. The Balaban J connectivity index is 2.43. The number of benzene rings is 1. The highest BCUT2D eigenvalue weighted by atomic mass is 16.5. The van der Waals surface area contributed by atoms with E-state index in [0.717, 1.165) is 17.5 Å². The van der Waals surface area contributed by atoms with Crippen LogP contribution in [-0.4, -0.2) is 19.6 Å². The second kappa shape index (κ2) is 9.53. The van der Waals surface area contributed by atoms with Gasteiger partial charge in [-0.25, -0.2) is 0 Å². The van der Waals surface area contributed by atoms with Crippen molar-refractivity contribution in [2.45, 2.75) is 39.8 Å². The van der Waals surface area contributed by atoms with Crippen LogP contribution in [-0.2, 0) is 22.7 Å². The molecule has 1 aromatic rings. The minimum atomic E-state index is 0.0724. The average molecular weight is 292 g/mol. The second-order valence-electron chi connectivity index (χ2n) is 5.97. The molecule has 21 heavy (non-hydrogen) atoms. The predicted octanol–water partition coefficient (Wildman–Crippen LogP) is 2.46. The molecule has 0 aliphatic rings. The van der Waals surface area contributed by atoms with Crippen LogP contribution in [0.4, 0.5) is 0 Å². The number of amides is 1. The van der Waals surface area contributed by atoms with E-state index < -0.39 is 0 Å². The molecule has 0 radical (unpaired) electrons. The number of nitrogens with one attached hydrogen (secondary N) is 1. The number of carbonyl (C=O) groups excluding carboxylic acids is 1. The number of hydrogen-bond donors (Lipinski definition) is 2. The highest BCUT2D eigenvalue weighted by Gasteiger charge is 2.13. The van der Waals surface area contributed by atoms with E-state index in [4.69, 9.17) is 10.5 Å². The largest absolute Gasteiger partial charge is 0.380 e. The maximum absolute atomic E-state index is 12.0. The van der Waals surface area contributed by atoms with Crippen LogP contribution in [0.3, 0.4) is 0 Å². The molecular formula is C17H28N2O2. The Labute approximate surface area is 128 Å². The molecule has 4 nitrogen and oxygen atoms in total. The van der Waals surface area contributed by atoms with Gasteiger partial charge >= 0.3 is 0 Å². The van der Waals surface area contributed by atoms with E-state index in [9.17, 15) is 4.79 Å². The van der Waals surface area contributed by atoms with E-state index in [1.54, 1.807) is 7.11 Å². The van der Waals surface area contributed by atoms with Crippen LogP contribution >= 0.6 is 0 Å². The van der Waals surface area contributed by atoms with Crippen LogP contribution < -0.4 is 11.1 Å². The lowest BCUT2D eigenvalue weighted by atomic mass is 9.94. The van der Waals surface area contributed by atoms with E-state index >= 15 is 0 Å². The summed E-state index contributed by atoms with van der Waals surface area (Å²) in [7, 11) is 1.68. The summed E-state index contributed by atoms with van der Waals surface area (Å²) in [6.07, 6.45) is 1.50. The lowest BCUT2D eigenvalue weighted by molar-refractivity contribution is -0.122. The van der Waals surface area contributed by atoms with E-state index in [1.807, 2.05) is 18.2 Å². The summed E-state index contributed by atoms with van der Waals surface area (Å²) in [5.41, 5.74) is 7.94. The molecule has 0 aliphatic heterocycles. The second-order valence-corrected chi connectivity index (χ2v) is 5.97. The lowest BCUT2D eigenvalue weighted by Crippen LogP contribution is -2.28. The fraction of sp³-hybridized carbons (Fsp3) is 0.588. The van der Waals surface area contributed by atoms with Gasteiger partial charge in [0.05, 0.1) is 6.61 Å². The zero-order valence-electron chi connectivity index (χ0n) is 13.4. The minimum Gasteiger partial charge on any atom is -0.380 e. The number of rotatable bonds is 9. The molecule has 0 fully saturated rings. The molecule has 0 heterocycles. The molecule has 118 valence electrons. The van der Waals surface area contributed by atoms with Crippen LogP contribution in [0.1, 0.15) is 37.8 Å². The van der Waals surface area contributed by atoms with E-state index in [-0.39, 0.29) is 11.8 Å². The van der Waals surface area contributed by atoms with Gasteiger partial charge in [-0.15, -0.1) is 0 Å². The third-order valence-electron chi connectivity index (χ3n) is 3.40. The maximum atomic E-state index is 12.0. The molecule has 1 unspecified atom stereocenters. The summed E-state index contributed by atoms with van der Waals surface area (Å²) < 4.78 is 5.11. The molecule has 1 rings (SSSR count). The molecule has 4 heteroatoms. The number of carbonyl (C=O) groups is 1. The third kappa shape index (κ3) is 7.25. The molecule has 1 atom stereocenters. The lowest BCUT2D eigenvalue weighted by Gasteiger charge is -2.16. The van der Waals surface area contributed by atoms with Crippen molar-refractivity contribution in [3.63, 3.8) is 0 Å². The first-order valence-electron chi connectivity index (χ1n) is 7.58. The topological polar surface area (TPSA) is 64.3 Å². The average Bonchev–Trinajstić information content (AvgIpc) is 2.45. The summed E-state index contributed by atoms with van der Waals surface area (Å²) in [4.78, 5) is 12.0. The Morgan fingerprint density at radius 1 is 1.33 bits per heavy atom. The molecule has 0 bridgehead atoms. The SMILES string of the molecule is COCc1cccc(CNC(=O)CC(CN)CC(C)C)c1. The van der Waals surface area contributed by atoms with E-state index in [1.165, 1.54) is 0 Å². The van der Waals surface area contributed by atoms with Crippen molar-refractivity contribution in [2.24, 2.45) is 17.6 Å². The van der Waals surface area contributed by atoms with Crippen LogP contribution in [0, 0.1) is 11.8 Å². The van der Waals surface area contributed by atoms with Crippen molar-refractivity contribution in [1.82, 2.24) is 5.32 Å². The highest BCUT2D eigenvalue weighted by Crippen LogP contribution is 2.14. The first kappa shape index (κ1) is 17.7. The summed E-state index contributed by atoms with van der Waals surface area (Å²) in [5.74, 6) is 0.908. The number of hydrogen-bond acceptors (Lipinski definition) is 3. The quantitative estimate of drug-likeness (QED) is 0.735. The number of ether oxygens (including phenoxy) is 1. The molecule has 0 saturated carbocycles. The summed E-state index contributed by atoms with van der Waals surface area (Å²) in [6.45, 7) is 6.01. The van der Waals surface area contributed by atoms with Gasteiger partial charge in [-0.3, -0.25) is 4.79 Å². The van der Waals surface area contributed by atoms with E-state index in [2.05, 4.69) is 25.2 Å². The smallest absolute Gasteiger partial charge is 0.220 e. The molecule has 1 amide bonds. The molecule has 0 aliphatic carbocycles. The van der Waals surface area contributed by atoms with Crippen molar-refractivity contribution in [3.05, 3.63) is 35.4 Å². The van der Waals surface area contributed by atoms with Crippen LogP contribution in [0.25, 0.3) is 0 Å². The molecule has 3 N–H and O–H groups in total. The van der Waals surface area contributed by atoms with Gasteiger partial charge in [-0.2, -0.15) is 0 Å². The van der Waals surface area contributed by atoms with Gasteiger partial charge in [0.2, 0.25) is 5.91 Å². The van der Waals surface area contributed by atoms with Crippen molar-refractivity contribution >= 4 is 5.91 Å². The molecule has 1 aromatic carbocycles. The van der Waals surface area contributed by atoms with Crippen molar-refractivity contribution in [3.8, 4) is 0 Å². The maximum Gasteiger partial charge on any atom is 0.220 e. The van der Waals surface area contributed by atoms with E-state index in [0.29, 0.717) is 32.0 Å². The molecule has 0 spiro atoms. The first-order chi connectivity index (χ1) is 10.0. The Morgan fingerprint density at radius 2 is 2.05 bits per heavy atom. The van der Waals surface area contributed by atoms with Crippen LogP contribution in [0.2, 0.25) is 0 Å². The summed E-state index contributed by atoms with van der Waals surface area (Å²) >= 11 is 0. The van der Waals surface area contributed by atoms with Gasteiger partial charge in [0, 0.05) is 20.1 Å². The van der Waals surface area contributed by atoms with Gasteiger partial charge < -0.3 is 15.8 Å². The Kier molecular flexibility index (Phi) is 8.01. The van der Waals surface area contributed by atoms with Gasteiger partial charge in [-0.1, -0.05) is 38.1 Å². The van der Waals surface area contributed by atoms with Crippen LogP contribution in [0.15, 0.2) is 24.3 Å². The monoisotopic (exact) mass is 292 g/mol. The first-order valence-corrected chi connectivity index (χ1v) is 7.58.